The van der Waals surface area contributed by atoms with Gasteiger partial charge < -0.3 is 4.74 Å². The van der Waals surface area contributed by atoms with Gasteiger partial charge in [-0.05, 0) is 23.6 Å². The van der Waals surface area contributed by atoms with Crippen LogP contribution in [-0.4, -0.2) is 17.1 Å². The first kappa shape index (κ1) is 14.0. The molecule has 0 saturated carbocycles. The van der Waals surface area contributed by atoms with E-state index < -0.39 is 0 Å². The fourth-order valence-corrected chi connectivity index (χ4v) is 2.02. The maximum Gasteiger partial charge on any atom is 0.161 e. The first-order chi connectivity index (χ1) is 9.10. The van der Waals surface area contributed by atoms with Crippen LogP contribution in [0.5, 0.6) is 0 Å². The molecule has 3 nitrogen and oxygen atoms in total. The van der Waals surface area contributed by atoms with Crippen LogP contribution in [0.25, 0.3) is 11.4 Å². The van der Waals surface area contributed by atoms with Crippen molar-refractivity contribution in [2.24, 2.45) is 0 Å². The van der Waals surface area contributed by atoms with Crippen LogP contribution in [0.4, 0.5) is 0 Å². The van der Waals surface area contributed by atoms with Crippen LogP contribution in [0, 0.1) is 0 Å². The molecule has 0 unspecified atom stereocenters. The molecule has 0 aliphatic rings. The number of hydrogen-bond acceptors (Lipinski definition) is 3. The summed E-state index contributed by atoms with van der Waals surface area (Å²) in [4.78, 5) is 8.87. The van der Waals surface area contributed by atoms with Crippen LogP contribution in [0.1, 0.15) is 31.0 Å². The highest BCUT2D eigenvalue weighted by molar-refractivity contribution is 6.29. The van der Waals surface area contributed by atoms with Crippen molar-refractivity contribution >= 4 is 11.6 Å². The lowest BCUT2D eigenvalue weighted by Crippen LogP contribution is -1.98. The maximum absolute atomic E-state index is 6.07. The molecule has 0 fully saturated rings. The average Bonchev–Trinajstić information content (AvgIpc) is 2.38. The van der Waals surface area contributed by atoms with Gasteiger partial charge in [0.1, 0.15) is 5.15 Å². The minimum atomic E-state index is 0.321. The molecule has 100 valence electrons. The van der Waals surface area contributed by atoms with Crippen LogP contribution in [0.3, 0.4) is 0 Å². The molecule has 1 aromatic carbocycles. The second-order valence-corrected chi connectivity index (χ2v) is 5.11. The number of nitrogens with zero attached hydrogens (tertiary/aromatic N) is 2. The fourth-order valence-electron chi connectivity index (χ4n) is 1.83. The van der Waals surface area contributed by atoms with Gasteiger partial charge in [-0.1, -0.05) is 43.6 Å². The molecule has 0 aliphatic carbocycles. The summed E-state index contributed by atoms with van der Waals surface area (Å²) >= 11 is 6.07. The van der Waals surface area contributed by atoms with Crippen LogP contribution >= 0.6 is 11.6 Å². The van der Waals surface area contributed by atoms with E-state index in [4.69, 9.17) is 16.3 Å². The highest BCUT2D eigenvalue weighted by Gasteiger charge is 2.09. The van der Waals surface area contributed by atoms with Crippen molar-refractivity contribution in [2.75, 3.05) is 7.11 Å². The second-order valence-electron chi connectivity index (χ2n) is 4.73. The van der Waals surface area contributed by atoms with Gasteiger partial charge in [0, 0.05) is 18.4 Å². The van der Waals surface area contributed by atoms with Crippen molar-refractivity contribution < 1.29 is 4.74 Å². The SMILES string of the molecule is COCc1cccc(-c2nc(Cl)cc(C(C)C)n2)c1. The summed E-state index contributed by atoms with van der Waals surface area (Å²) in [6, 6.07) is 9.81. The van der Waals surface area contributed by atoms with E-state index in [0.29, 0.717) is 23.5 Å². The Morgan fingerprint density at radius 2 is 2.00 bits per heavy atom. The summed E-state index contributed by atoms with van der Waals surface area (Å²) < 4.78 is 5.14. The summed E-state index contributed by atoms with van der Waals surface area (Å²) in [5, 5.41) is 0.478. The van der Waals surface area contributed by atoms with Gasteiger partial charge >= 0.3 is 0 Å². The molecule has 1 aromatic heterocycles. The number of ether oxygens (including phenoxy) is 1. The summed E-state index contributed by atoms with van der Waals surface area (Å²) in [7, 11) is 1.68. The molecule has 2 aromatic rings. The van der Waals surface area contributed by atoms with Crippen molar-refractivity contribution in [3.8, 4) is 11.4 Å². The van der Waals surface area contributed by atoms with Gasteiger partial charge in [0.2, 0.25) is 0 Å². The number of hydrogen-bond donors (Lipinski definition) is 0. The van der Waals surface area contributed by atoms with Gasteiger partial charge in [-0.3, -0.25) is 0 Å². The first-order valence-electron chi connectivity index (χ1n) is 6.23. The van der Waals surface area contributed by atoms with Gasteiger partial charge in [0.25, 0.3) is 0 Å². The third kappa shape index (κ3) is 3.52. The molecule has 0 spiro atoms. The molecule has 0 saturated heterocycles. The predicted molar refractivity (Wildman–Crippen MR) is 77.3 cm³/mol. The van der Waals surface area contributed by atoms with Gasteiger partial charge in [-0.2, -0.15) is 0 Å². The standard InChI is InChI=1S/C15H17ClN2O/c1-10(2)13-8-14(16)18-15(17-13)12-6-4-5-11(7-12)9-19-3/h4-8,10H,9H2,1-3H3. The predicted octanol–water partition coefficient (Wildman–Crippen LogP) is 4.07. The summed E-state index contributed by atoms with van der Waals surface area (Å²) in [5.41, 5.74) is 3.00. The minimum Gasteiger partial charge on any atom is -0.380 e. The van der Waals surface area contributed by atoms with Crippen LogP contribution in [0.15, 0.2) is 30.3 Å². The summed E-state index contributed by atoms with van der Waals surface area (Å²) in [6.45, 7) is 4.75. The zero-order chi connectivity index (χ0) is 13.8. The monoisotopic (exact) mass is 276 g/mol. The Balaban J connectivity index is 2.43. The van der Waals surface area contributed by atoms with Crippen LogP contribution < -0.4 is 0 Å². The van der Waals surface area contributed by atoms with Crippen LogP contribution in [-0.2, 0) is 11.3 Å². The van der Waals surface area contributed by atoms with Crippen molar-refractivity contribution in [2.45, 2.75) is 26.4 Å². The maximum atomic E-state index is 6.07. The summed E-state index contributed by atoms with van der Waals surface area (Å²) in [6.07, 6.45) is 0. The largest absolute Gasteiger partial charge is 0.380 e. The van der Waals surface area contributed by atoms with Gasteiger partial charge in [-0.25, -0.2) is 9.97 Å². The van der Waals surface area contributed by atoms with E-state index in [0.717, 1.165) is 16.8 Å². The number of methoxy groups -OCH3 is 1. The van der Waals surface area contributed by atoms with Gasteiger partial charge in [0.15, 0.2) is 5.82 Å². The van der Waals surface area contributed by atoms with Gasteiger partial charge in [-0.15, -0.1) is 0 Å². The quantitative estimate of drug-likeness (QED) is 0.790. The zero-order valence-corrected chi connectivity index (χ0v) is 12.1. The Morgan fingerprint density at radius 1 is 1.21 bits per heavy atom. The molecule has 0 aliphatic heterocycles. The topological polar surface area (TPSA) is 35.0 Å². The first-order valence-corrected chi connectivity index (χ1v) is 6.60. The molecule has 2 rings (SSSR count). The zero-order valence-electron chi connectivity index (χ0n) is 11.4. The molecule has 0 N–H and O–H groups in total. The van der Waals surface area contributed by atoms with E-state index in [1.54, 1.807) is 7.11 Å². The van der Waals surface area contributed by atoms with E-state index in [2.05, 4.69) is 23.8 Å². The average molecular weight is 277 g/mol. The molecule has 0 atom stereocenters. The Labute approximate surface area is 118 Å². The van der Waals surface area contributed by atoms with Gasteiger partial charge in [0.05, 0.1) is 6.61 Å². The van der Waals surface area contributed by atoms with E-state index in [9.17, 15) is 0 Å². The summed E-state index contributed by atoms with van der Waals surface area (Å²) in [5.74, 6) is 0.982. The number of halogens is 1. The van der Waals surface area contributed by atoms with Crippen LogP contribution in [0.2, 0.25) is 5.15 Å². The second kappa shape index (κ2) is 6.13. The Bertz CT molecular complexity index is 570. The molecule has 4 heteroatoms. The molecular formula is C15H17ClN2O. The molecule has 0 amide bonds. The lowest BCUT2D eigenvalue weighted by atomic mass is 10.1. The number of aromatic nitrogens is 2. The number of benzene rings is 1. The van der Waals surface area contributed by atoms with E-state index in [1.807, 2.05) is 30.3 Å². The highest BCUT2D eigenvalue weighted by atomic mass is 35.5. The third-order valence-electron chi connectivity index (χ3n) is 2.80. The Hall–Kier alpha value is -1.45. The van der Waals surface area contributed by atoms with E-state index >= 15 is 0 Å². The van der Waals surface area contributed by atoms with Crippen molar-refractivity contribution in [3.05, 3.63) is 46.7 Å². The van der Waals surface area contributed by atoms with Crippen molar-refractivity contribution in [3.63, 3.8) is 0 Å². The third-order valence-corrected chi connectivity index (χ3v) is 3.00. The lowest BCUT2D eigenvalue weighted by Gasteiger charge is -2.08. The number of rotatable bonds is 4. The van der Waals surface area contributed by atoms with E-state index in [1.165, 1.54) is 0 Å². The van der Waals surface area contributed by atoms with Crippen molar-refractivity contribution in [1.29, 1.82) is 0 Å². The Morgan fingerprint density at radius 3 is 2.68 bits per heavy atom. The highest BCUT2D eigenvalue weighted by Crippen LogP contribution is 2.22. The molecule has 19 heavy (non-hydrogen) atoms. The molecule has 1 heterocycles. The molecular weight excluding hydrogens is 260 g/mol. The lowest BCUT2D eigenvalue weighted by molar-refractivity contribution is 0.185. The molecule has 0 bridgehead atoms. The van der Waals surface area contributed by atoms with Crippen molar-refractivity contribution in [1.82, 2.24) is 9.97 Å². The van der Waals surface area contributed by atoms with E-state index in [-0.39, 0.29) is 0 Å². The fraction of sp³-hybridized carbons (Fsp3) is 0.333. The normalized spacial score (nSPS) is 11.0. The Kier molecular flexibility index (Phi) is 4.51. The smallest absolute Gasteiger partial charge is 0.161 e. The minimum absolute atomic E-state index is 0.321. The molecule has 0 radical (unpaired) electrons.